The zero-order valence-electron chi connectivity index (χ0n) is 9.50. The molecule has 17 heavy (non-hydrogen) atoms. The number of hydrogen-bond acceptors (Lipinski definition) is 2. The summed E-state index contributed by atoms with van der Waals surface area (Å²) >= 11 is 0. The summed E-state index contributed by atoms with van der Waals surface area (Å²) in [6.45, 7) is 0.700. The summed E-state index contributed by atoms with van der Waals surface area (Å²) in [6, 6.07) is 6.20. The van der Waals surface area contributed by atoms with Crippen LogP contribution in [-0.4, -0.2) is 6.54 Å². The molecule has 3 heteroatoms. The van der Waals surface area contributed by atoms with Gasteiger partial charge in [-0.2, -0.15) is 0 Å². The molecule has 0 aliphatic rings. The van der Waals surface area contributed by atoms with Crippen LogP contribution in [0.15, 0.2) is 28.7 Å². The van der Waals surface area contributed by atoms with Crippen molar-refractivity contribution in [3.63, 3.8) is 0 Å². The lowest BCUT2D eigenvalue weighted by atomic mass is 10.2. The van der Waals surface area contributed by atoms with Crippen molar-refractivity contribution in [3.05, 3.63) is 35.8 Å². The van der Waals surface area contributed by atoms with Crippen LogP contribution in [0.3, 0.4) is 0 Å². The molecule has 0 bridgehead atoms. The van der Waals surface area contributed by atoms with Crippen LogP contribution in [0.4, 0.5) is 4.39 Å². The van der Waals surface area contributed by atoms with Crippen LogP contribution in [0.2, 0.25) is 0 Å². The highest BCUT2D eigenvalue weighted by atomic mass is 19.1. The van der Waals surface area contributed by atoms with Crippen molar-refractivity contribution in [1.82, 2.24) is 0 Å². The van der Waals surface area contributed by atoms with Crippen molar-refractivity contribution in [2.75, 3.05) is 6.54 Å². The van der Waals surface area contributed by atoms with E-state index in [2.05, 4.69) is 11.8 Å². The number of hydrogen-bond donors (Lipinski definition) is 1. The number of fused-ring (bicyclic) bond motifs is 1. The van der Waals surface area contributed by atoms with E-state index in [4.69, 9.17) is 10.2 Å². The average molecular weight is 231 g/mol. The van der Waals surface area contributed by atoms with Gasteiger partial charge in [-0.05, 0) is 43.5 Å². The molecule has 0 aliphatic heterocycles. The molecule has 0 radical (unpaired) electrons. The van der Waals surface area contributed by atoms with Gasteiger partial charge in [-0.3, -0.25) is 0 Å². The summed E-state index contributed by atoms with van der Waals surface area (Å²) < 4.78 is 18.4. The van der Waals surface area contributed by atoms with Gasteiger partial charge in [-0.15, -0.1) is 0 Å². The molecule has 0 saturated heterocycles. The molecular weight excluding hydrogens is 217 g/mol. The van der Waals surface area contributed by atoms with Gasteiger partial charge in [0.1, 0.15) is 11.4 Å². The molecule has 0 aliphatic carbocycles. The highest BCUT2D eigenvalue weighted by Crippen LogP contribution is 2.19. The number of halogens is 1. The van der Waals surface area contributed by atoms with Crippen molar-refractivity contribution < 1.29 is 8.81 Å². The SMILES string of the molecule is NCCCCC#Cc1cc2cc(F)ccc2o1. The Morgan fingerprint density at radius 3 is 2.94 bits per heavy atom. The third kappa shape index (κ3) is 3.08. The highest BCUT2D eigenvalue weighted by molar-refractivity contribution is 5.78. The van der Waals surface area contributed by atoms with E-state index in [9.17, 15) is 4.39 Å². The number of benzene rings is 1. The smallest absolute Gasteiger partial charge is 0.178 e. The number of nitrogens with two attached hydrogens (primary N) is 1. The molecule has 2 N–H and O–H groups in total. The van der Waals surface area contributed by atoms with Gasteiger partial charge in [0, 0.05) is 17.9 Å². The molecule has 0 unspecified atom stereocenters. The fraction of sp³-hybridized carbons (Fsp3) is 0.286. The Kier molecular flexibility index (Phi) is 3.79. The third-order valence-corrected chi connectivity index (χ3v) is 2.45. The van der Waals surface area contributed by atoms with E-state index in [0.717, 1.165) is 24.6 Å². The third-order valence-electron chi connectivity index (χ3n) is 2.45. The van der Waals surface area contributed by atoms with Crippen LogP contribution in [0, 0.1) is 17.7 Å². The van der Waals surface area contributed by atoms with Crippen LogP contribution in [0.25, 0.3) is 11.0 Å². The molecule has 2 rings (SSSR count). The zero-order valence-corrected chi connectivity index (χ0v) is 9.50. The molecule has 88 valence electrons. The van der Waals surface area contributed by atoms with E-state index in [1.54, 1.807) is 12.1 Å². The number of rotatable bonds is 3. The Labute approximate surface area is 99.6 Å². The van der Waals surface area contributed by atoms with Gasteiger partial charge in [-0.25, -0.2) is 4.39 Å². The first-order valence-electron chi connectivity index (χ1n) is 5.67. The second-order valence-corrected chi connectivity index (χ2v) is 3.84. The summed E-state index contributed by atoms with van der Waals surface area (Å²) in [5.74, 6) is 6.27. The lowest BCUT2D eigenvalue weighted by molar-refractivity contribution is 0.597. The Hall–Kier alpha value is -1.79. The van der Waals surface area contributed by atoms with Crippen molar-refractivity contribution in [2.24, 2.45) is 5.73 Å². The van der Waals surface area contributed by atoms with E-state index in [0.29, 0.717) is 17.9 Å². The molecular formula is C14H14FNO. The minimum Gasteiger partial charge on any atom is -0.448 e. The van der Waals surface area contributed by atoms with Gasteiger partial charge in [0.2, 0.25) is 0 Å². The maximum atomic E-state index is 12.9. The molecule has 0 fully saturated rings. The van der Waals surface area contributed by atoms with Crippen molar-refractivity contribution in [2.45, 2.75) is 19.3 Å². The minimum atomic E-state index is -0.263. The number of unbranched alkanes of at least 4 members (excludes halogenated alkanes) is 2. The molecule has 1 aromatic heterocycles. The Bertz CT molecular complexity index is 562. The largest absolute Gasteiger partial charge is 0.448 e. The van der Waals surface area contributed by atoms with E-state index in [-0.39, 0.29) is 5.82 Å². The van der Waals surface area contributed by atoms with Gasteiger partial charge in [-0.1, -0.05) is 5.92 Å². The Morgan fingerprint density at radius 2 is 2.12 bits per heavy atom. The first-order chi connectivity index (χ1) is 8.29. The summed E-state index contributed by atoms with van der Waals surface area (Å²) in [6.07, 6.45) is 2.79. The summed E-state index contributed by atoms with van der Waals surface area (Å²) in [5, 5.41) is 0.747. The van der Waals surface area contributed by atoms with E-state index >= 15 is 0 Å². The van der Waals surface area contributed by atoms with Crippen LogP contribution in [0.1, 0.15) is 25.0 Å². The van der Waals surface area contributed by atoms with Gasteiger partial charge in [0.25, 0.3) is 0 Å². The number of furan rings is 1. The monoisotopic (exact) mass is 231 g/mol. The first-order valence-corrected chi connectivity index (χ1v) is 5.67. The van der Waals surface area contributed by atoms with Crippen LogP contribution < -0.4 is 5.73 Å². The molecule has 0 atom stereocenters. The van der Waals surface area contributed by atoms with Crippen LogP contribution in [-0.2, 0) is 0 Å². The maximum absolute atomic E-state index is 12.9. The van der Waals surface area contributed by atoms with E-state index < -0.39 is 0 Å². The standard InChI is InChI=1S/C14H14FNO/c15-12-6-7-14-11(9-12)10-13(17-14)5-3-1-2-4-8-16/h6-7,9-10H,1-2,4,8,16H2. The molecule has 2 nitrogen and oxygen atoms in total. The van der Waals surface area contributed by atoms with Crippen molar-refractivity contribution in [1.29, 1.82) is 0 Å². The summed E-state index contributed by atoms with van der Waals surface area (Å²) in [5.41, 5.74) is 6.05. The molecule has 1 aromatic carbocycles. The highest BCUT2D eigenvalue weighted by Gasteiger charge is 2.01. The normalized spacial score (nSPS) is 10.2. The average Bonchev–Trinajstić information content (AvgIpc) is 2.70. The summed E-state index contributed by atoms with van der Waals surface area (Å²) in [7, 11) is 0. The predicted octanol–water partition coefficient (Wildman–Crippen LogP) is 3.05. The van der Waals surface area contributed by atoms with Gasteiger partial charge >= 0.3 is 0 Å². The lowest BCUT2D eigenvalue weighted by Gasteiger charge is -1.88. The molecule has 1 heterocycles. The first kappa shape index (κ1) is 11.7. The maximum Gasteiger partial charge on any atom is 0.178 e. The Balaban J connectivity index is 2.08. The second kappa shape index (κ2) is 5.51. The van der Waals surface area contributed by atoms with Crippen LogP contribution >= 0.6 is 0 Å². The van der Waals surface area contributed by atoms with Crippen molar-refractivity contribution in [3.8, 4) is 11.8 Å². The van der Waals surface area contributed by atoms with E-state index in [1.807, 2.05) is 0 Å². The van der Waals surface area contributed by atoms with Gasteiger partial charge in [0.15, 0.2) is 5.76 Å². The summed E-state index contributed by atoms with van der Waals surface area (Å²) in [4.78, 5) is 0. The fourth-order valence-corrected chi connectivity index (χ4v) is 1.58. The van der Waals surface area contributed by atoms with E-state index in [1.165, 1.54) is 12.1 Å². The van der Waals surface area contributed by atoms with Gasteiger partial charge in [0.05, 0.1) is 0 Å². The minimum absolute atomic E-state index is 0.263. The molecule has 0 amide bonds. The quantitative estimate of drug-likeness (QED) is 0.651. The molecule has 2 aromatic rings. The Morgan fingerprint density at radius 1 is 1.24 bits per heavy atom. The van der Waals surface area contributed by atoms with Crippen LogP contribution in [0.5, 0.6) is 0 Å². The van der Waals surface area contributed by atoms with Gasteiger partial charge < -0.3 is 10.2 Å². The lowest BCUT2D eigenvalue weighted by Crippen LogP contribution is -1.96. The second-order valence-electron chi connectivity index (χ2n) is 3.84. The topological polar surface area (TPSA) is 39.2 Å². The molecule has 0 spiro atoms. The fourth-order valence-electron chi connectivity index (χ4n) is 1.58. The van der Waals surface area contributed by atoms with Crippen molar-refractivity contribution >= 4 is 11.0 Å². The molecule has 0 saturated carbocycles. The zero-order chi connectivity index (χ0) is 12.1. The predicted molar refractivity (Wildman–Crippen MR) is 66.0 cm³/mol.